The van der Waals surface area contributed by atoms with Crippen LogP contribution in [-0.4, -0.2) is 42.7 Å². The zero-order valence-corrected chi connectivity index (χ0v) is 12.7. The van der Waals surface area contributed by atoms with Gasteiger partial charge in [0.15, 0.2) is 5.79 Å². The number of carboxylic acid groups (broad SMARTS) is 1. The van der Waals surface area contributed by atoms with Crippen molar-refractivity contribution in [3.8, 4) is 0 Å². The van der Waals surface area contributed by atoms with Crippen molar-refractivity contribution in [3.63, 3.8) is 0 Å². The molecule has 1 aliphatic heterocycles. The molecule has 3 rings (SSSR count). The first-order valence-electron chi connectivity index (χ1n) is 8.43. The zero-order valence-electron chi connectivity index (χ0n) is 12.7. The quantitative estimate of drug-likeness (QED) is 0.832. The van der Waals surface area contributed by atoms with Gasteiger partial charge in [0.1, 0.15) is 0 Å². The van der Waals surface area contributed by atoms with Crippen LogP contribution in [0.25, 0.3) is 0 Å². The van der Waals surface area contributed by atoms with Crippen LogP contribution in [0.3, 0.4) is 0 Å². The maximum Gasteiger partial charge on any atom is 0.306 e. The Bertz CT molecular complexity index is 357. The van der Waals surface area contributed by atoms with Crippen LogP contribution in [0.15, 0.2) is 0 Å². The Balaban J connectivity index is 1.44. The highest BCUT2D eigenvalue weighted by Gasteiger charge is 2.40. The summed E-state index contributed by atoms with van der Waals surface area (Å²) in [6.45, 7) is 2.29. The van der Waals surface area contributed by atoms with E-state index in [0.29, 0.717) is 12.0 Å². The molecular weight excluding hydrogens is 270 g/mol. The predicted molar refractivity (Wildman–Crippen MR) is 78.0 cm³/mol. The standard InChI is InChI=1S/C16H27NO4/c18-15(19)14-4-2-1-3-12(14)11-17-13-5-7-16(8-6-13)20-9-10-21-16/h12-14,17H,1-11H2,(H,18,19). The van der Waals surface area contributed by atoms with E-state index in [-0.39, 0.29) is 11.7 Å². The van der Waals surface area contributed by atoms with E-state index in [4.69, 9.17) is 9.47 Å². The fraction of sp³-hybridized carbons (Fsp3) is 0.938. The second-order valence-corrected chi connectivity index (χ2v) is 6.78. The van der Waals surface area contributed by atoms with E-state index in [1.54, 1.807) is 0 Å². The molecule has 2 unspecified atom stereocenters. The van der Waals surface area contributed by atoms with Crippen LogP contribution >= 0.6 is 0 Å². The molecule has 120 valence electrons. The largest absolute Gasteiger partial charge is 0.481 e. The third kappa shape index (κ3) is 3.58. The minimum atomic E-state index is -0.614. The second-order valence-electron chi connectivity index (χ2n) is 6.78. The van der Waals surface area contributed by atoms with Crippen LogP contribution in [0.4, 0.5) is 0 Å². The van der Waals surface area contributed by atoms with Crippen molar-refractivity contribution in [3.05, 3.63) is 0 Å². The summed E-state index contributed by atoms with van der Waals surface area (Å²) in [6.07, 6.45) is 8.16. The average molecular weight is 297 g/mol. The molecule has 2 saturated carbocycles. The van der Waals surface area contributed by atoms with E-state index in [0.717, 1.165) is 64.7 Å². The maximum absolute atomic E-state index is 11.3. The Kier molecular flexibility index (Phi) is 4.82. The number of carboxylic acids is 1. The molecule has 21 heavy (non-hydrogen) atoms. The molecule has 5 nitrogen and oxygen atoms in total. The first-order chi connectivity index (χ1) is 10.2. The van der Waals surface area contributed by atoms with E-state index in [1.807, 2.05) is 0 Å². The Morgan fingerprint density at radius 2 is 1.76 bits per heavy atom. The molecule has 1 saturated heterocycles. The molecule has 0 aromatic carbocycles. The summed E-state index contributed by atoms with van der Waals surface area (Å²) in [4.78, 5) is 11.3. The Morgan fingerprint density at radius 1 is 1.10 bits per heavy atom. The van der Waals surface area contributed by atoms with Gasteiger partial charge in [-0.15, -0.1) is 0 Å². The molecule has 2 atom stereocenters. The van der Waals surface area contributed by atoms with Gasteiger partial charge in [-0.05, 0) is 38.1 Å². The van der Waals surface area contributed by atoms with Crippen molar-refractivity contribution in [2.24, 2.45) is 11.8 Å². The van der Waals surface area contributed by atoms with Crippen LogP contribution in [-0.2, 0) is 14.3 Å². The summed E-state index contributed by atoms with van der Waals surface area (Å²) in [5.41, 5.74) is 0. The van der Waals surface area contributed by atoms with Crippen LogP contribution in [0.1, 0.15) is 51.4 Å². The maximum atomic E-state index is 11.3. The van der Waals surface area contributed by atoms with Gasteiger partial charge in [0.2, 0.25) is 0 Å². The van der Waals surface area contributed by atoms with Gasteiger partial charge < -0.3 is 19.9 Å². The molecule has 3 fully saturated rings. The molecule has 5 heteroatoms. The Hall–Kier alpha value is -0.650. The number of rotatable bonds is 4. The molecule has 0 amide bonds. The van der Waals surface area contributed by atoms with Crippen molar-refractivity contribution in [1.29, 1.82) is 0 Å². The molecule has 2 aliphatic carbocycles. The number of hydrogen-bond acceptors (Lipinski definition) is 4. The van der Waals surface area contributed by atoms with E-state index in [2.05, 4.69) is 5.32 Å². The molecule has 0 bridgehead atoms. The molecule has 1 heterocycles. The second kappa shape index (κ2) is 6.63. The third-order valence-corrected chi connectivity index (χ3v) is 5.46. The van der Waals surface area contributed by atoms with Gasteiger partial charge in [0.25, 0.3) is 0 Å². The lowest BCUT2D eigenvalue weighted by Crippen LogP contribution is -2.44. The molecule has 3 aliphatic rings. The highest BCUT2D eigenvalue weighted by atomic mass is 16.7. The number of nitrogens with one attached hydrogen (secondary N) is 1. The molecule has 1 spiro atoms. The van der Waals surface area contributed by atoms with Gasteiger partial charge in [0.05, 0.1) is 19.1 Å². The van der Waals surface area contributed by atoms with Gasteiger partial charge in [-0.25, -0.2) is 0 Å². The highest BCUT2D eigenvalue weighted by molar-refractivity contribution is 5.70. The van der Waals surface area contributed by atoms with Gasteiger partial charge in [-0.3, -0.25) is 4.79 Å². The molecule has 0 aromatic rings. The Labute approximate surface area is 126 Å². The van der Waals surface area contributed by atoms with Crippen molar-refractivity contribution in [1.82, 2.24) is 5.32 Å². The fourth-order valence-corrected chi connectivity index (χ4v) is 4.14. The van der Waals surface area contributed by atoms with Gasteiger partial charge in [-0.1, -0.05) is 12.8 Å². The minimum Gasteiger partial charge on any atom is -0.481 e. The van der Waals surface area contributed by atoms with Gasteiger partial charge in [0, 0.05) is 18.9 Å². The normalized spacial score (nSPS) is 33.3. The highest BCUT2D eigenvalue weighted by Crippen LogP contribution is 2.36. The summed E-state index contributed by atoms with van der Waals surface area (Å²) in [6, 6.07) is 0.486. The fourth-order valence-electron chi connectivity index (χ4n) is 4.14. The lowest BCUT2D eigenvalue weighted by atomic mass is 9.79. The van der Waals surface area contributed by atoms with Crippen LogP contribution in [0.5, 0.6) is 0 Å². The summed E-state index contributed by atoms with van der Waals surface area (Å²) < 4.78 is 11.5. The van der Waals surface area contributed by atoms with E-state index in [9.17, 15) is 9.90 Å². The first kappa shape index (κ1) is 15.3. The zero-order chi connectivity index (χ0) is 14.7. The van der Waals surface area contributed by atoms with Crippen LogP contribution in [0, 0.1) is 11.8 Å². The van der Waals surface area contributed by atoms with Crippen LogP contribution in [0.2, 0.25) is 0 Å². The molecular formula is C16H27NO4. The number of ether oxygens (including phenoxy) is 2. The number of carbonyl (C=O) groups is 1. The summed E-state index contributed by atoms with van der Waals surface area (Å²) in [5, 5.41) is 12.9. The van der Waals surface area contributed by atoms with Gasteiger partial charge >= 0.3 is 5.97 Å². The smallest absolute Gasteiger partial charge is 0.306 e. The van der Waals surface area contributed by atoms with Crippen molar-refractivity contribution in [2.45, 2.75) is 63.2 Å². The third-order valence-electron chi connectivity index (χ3n) is 5.46. The topological polar surface area (TPSA) is 67.8 Å². The first-order valence-corrected chi connectivity index (χ1v) is 8.43. The predicted octanol–water partition coefficient (Wildman–Crippen LogP) is 2.15. The number of hydrogen-bond donors (Lipinski definition) is 2. The lowest BCUT2D eigenvalue weighted by molar-refractivity contribution is -0.179. The van der Waals surface area contributed by atoms with E-state index >= 15 is 0 Å². The van der Waals surface area contributed by atoms with Crippen LogP contribution < -0.4 is 5.32 Å². The number of aliphatic carboxylic acids is 1. The SMILES string of the molecule is O=C(O)C1CCCCC1CNC1CCC2(CC1)OCCO2. The van der Waals surface area contributed by atoms with E-state index < -0.39 is 5.97 Å². The molecule has 2 N–H and O–H groups in total. The monoisotopic (exact) mass is 297 g/mol. The Morgan fingerprint density at radius 3 is 2.43 bits per heavy atom. The lowest BCUT2D eigenvalue weighted by Gasteiger charge is -2.37. The van der Waals surface area contributed by atoms with Gasteiger partial charge in [-0.2, -0.15) is 0 Å². The molecule has 0 radical (unpaired) electrons. The summed E-state index contributed by atoms with van der Waals surface area (Å²) in [5.74, 6) is -0.766. The summed E-state index contributed by atoms with van der Waals surface area (Å²) >= 11 is 0. The summed E-state index contributed by atoms with van der Waals surface area (Å²) in [7, 11) is 0. The average Bonchev–Trinajstić information content (AvgIpc) is 2.95. The van der Waals surface area contributed by atoms with E-state index in [1.165, 1.54) is 6.42 Å². The minimum absolute atomic E-state index is 0.150. The van der Waals surface area contributed by atoms with Crippen molar-refractivity contribution in [2.75, 3.05) is 19.8 Å². The molecule has 0 aromatic heterocycles. The van der Waals surface area contributed by atoms with Crippen molar-refractivity contribution < 1.29 is 19.4 Å². The van der Waals surface area contributed by atoms with Crippen molar-refractivity contribution >= 4 is 5.97 Å².